The number of imidazole rings is 1. The zero-order chi connectivity index (χ0) is 27.3. The van der Waals surface area contributed by atoms with Crippen molar-refractivity contribution in [3.8, 4) is 11.4 Å². The molecular weight excluding hydrogens is 505 g/mol. The number of fused-ring (bicyclic) bond motifs is 1. The lowest BCUT2D eigenvalue weighted by Gasteiger charge is -2.19. The number of hydrogen-bond donors (Lipinski definition) is 0. The molecule has 0 fully saturated rings. The molecule has 0 atom stereocenters. The van der Waals surface area contributed by atoms with E-state index in [9.17, 15) is 0 Å². The highest BCUT2D eigenvalue weighted by atomic mass is 31.1. The van der Waals surface area contributed by atoms with Crippen LogP contribution in [0.15, 0.2) is 133 Å². The molecule has 0 unspecified atom stereocenters. The number of hydrogen-bond acceptors (Lipinski definition) is 2. The zero-order valence-electron chi connectivity index (χ0n) is 23.1. The lowest BCUT2D eigenvalue weighted by molar-refractivity contribution is 0.723. The second-order valence-corrected chi connectivity index (χ2v) is 12.5. The molecule has 1 heterocycles. The minimum atomic E-state index is -0.513. The van der Waals surface area contributed by atoms with Gasteiger partial charge in [-0.3, -0.25) is 0 Å². The molecule has 1 aromatic heterocycles. The second kappa shape index (κ2) is 11.9. The summed E-state index contributed by atoms with van der Waals surface area (Å²) in [4.78, 5) is 7.37. The predicted octanol–water partition coefficient (Wildman–Crippen LogP) is 7.64. The maximum Gasteiger partial charge on any atom is 0.141 e. The van der Waals surface area contributed by atoms with Crippen LogP contribution in [0.4, 0.5) is 5.69 Å². The number of aryl methyl sites for hydroxylation is 2. The number of aromatic nitrogens is 2. The second-order valence-electron chi connectivity index (χ2n) is 10.3. The molecule has 0 saturated heterocycles. The molecule has 0 N–H and O–H groups in total. The molecule has 5 aromatic carbocycles. The van der Waals surface area contributed by atoms with Gasteiger partial charge in [0.1, 0.15) is 5.82 Å². The maximum atomic E-state index is 5.24. The van der Waals surface area contributed by atoms with Crippen molar-refractivity contribution >= 4 is 35.3 Å². The summed E-state index contributed by atoms with van der Waals surface area (Å²) in [5.41, 5.74) is 7.25. The first kappa shape index (κ1) is 26.0. The van der Waals surface area contributed by atoms with Crippen LogP contribution in [0.3, 0.4) is 0 Å². The monoisotopic (exact) mass is 539 g/mol. The van der Waals surface area contributed by atoms with E-state index >= 15 is 0 Å². The molecule has 3 nitrogen and oxygen atoms in total. The molecule has 0 amide bonds. The Hall–Kier alpha value is -4.20. The highest BCUT2D eigenvalue weighted by Crippen LogP contribution is 2.38. The van der Waals surface area contributed by atoms with Gasteiger partial charge in [0.2, 0.25) is 0 Å². The predicted molar refractivity (Wildman–Crippen MR) is 172 cm³/mol. The first-order valence-electron chi connectivity index (χ1n) is 13.8. The van der Waals surface area contributed by atoms with Crippen LogP contribution in [-0.4, -0.2) is 23.6 Å². The molecule has 0 spiro atoms. The fourth-order valence-corrected chi connectivity index (χ4v) is 7.53. The fraction of sp³-hybridized carbons (Fsp3) is 0.139. The van der Waals surface area contributed by atoms with E-state index in [-0.39, 0.29) is 0 Å². The number of anilines is 1. The molecule has 0 saturated carbocycles. The molecule has 0 aliphatic rings. The van der Waals surface area contributed by atoms with E-state index in [1.54, 1.807) is 0 Å². The Morgan fingerprint density at radius 1 is 0.650 bits per heavy atom. The van der Waals surface area contributed by atoms with E-state index in [0.29, 0.717) is 0 Å². The van der Waals surface area contributed by atoms with Gasteiger partial charge < -0.3 is 9.47 Å². The van der Waals surface area contributed by atoms with E-state index in [1.165, 1.54) is 32.9 Å². The largest absolute Gasteiger partial charge is 0.378 e. The third kappa shape index (κ3) is 5.71. The third-order valence-corrected chi connectivity index (χ3v) is 9.92. The van der Waals surface area contributed by atoms with Gasteiger partial charge in [-0.1, -0.05) is 97.1 Å². The van der Waals surface area contributed by atoms with Crippen molar-refractivity contribution in [3.05, 3.63) is 145 Å². The summed E-state index contributed by atoms with van der Waals surface area (Å²) >= 11 is 0. The molecule has 0 aliphatic heterocycles. The van der Waals surface area contributed by atoms with Crippen LogP contribution in [0.2, 0.25) is 0 Å². The van der Waals surface area contributed by atoms with E-state index in [2.05, 4.69) is 157 Å². The van der Waals surface area contributed by atoms with Gasteiger partial charge >= 0.3 is 0 Å². The third-order valence-electron chi connectivity index (χ3n) is 7.40. The van der Waals surface area contributed by atoms with Gasteiger partial charge in [0.05, 0.1) is 11.0 Å². The van der Waals surface area contributed by atoms with Crippen molar-refractivity contribution in [2.75, 3.05) is 19.0 Å². The summed E-state index contributed by atoms with van der Waals surface area (Å²) in [5, 5.41) is 2.80. The zero-order valence-corrected chi connectivity index (χ0v) is 24.0. The SMILES string of the molecule is CN(C)c1ccc(-c2nc3cc(CP(c4ccccc4)c4ccccc4)ccc3n2CCc2ccccc2)cc1. The highest BCUT2D eigenvalue weighted by Gasteiger charge is 2.17. The molecule has 198 valence electrons. The van der Waals surface area contributed by atoms with Crippen molar-refractivity contribution in [2.24, 2.45) is 0 Å². The van der Waals surface area contributed by atoms with Gasteiger partial charge in [0.25, 0.3) is 0 Å². The minimum Gasteiger partial charge on any atom is -0.378 e. The van der Waals surface area contributed by atoms with Gasteiger partial charge in [-0.05, 0) is 72.5 Å². The lowest BCUT2D eigenvalue weighted by atomic mass is 10.1. The smallest absolute Gasteiger partial charge is 0.141 e. The van der Waals surface area contributed by atoms with Crippen LogP contribution in [0.25, 0.3) is 22.4 Å². The van der Waals surface area contributed by atoms with Crippen LogP contribution in [0.5, 0.6) is 0 Å². The minimum absolute atomic E-state index is 0.513. The van der Waals surface area contributed by atoms with Crippen molar-refractivity contribution in [2.45, 2.75) is 19.1 Å². The Labute approximate surface area is 238 Å². The molecule has 6 aromatic rings. The maximum absolute atomic E-state index is 5.24. The normalized spacial score (nSPS) is 11.3. The molecule has 6 rings (SSSR count). The highest BCUT2D eigenvalue weighted by molar-refractivity contribution is 7.72. The molecule has 0 bridgehead atoms. The molecule has 0 radical (unpaired) electrons. The van der Waals surface area contributed by atoms with Crippen molar-refractivity contribution in [1.29, 1.82) is 0 Å². The Morgan fingerprint density at radius 3 is 1.85 bits per heavy atom. The van der Waals surface area contributed by atoms with Gasteiger partial charge in [-0.25, -0.2) is 4.98 Å². The van der Waals surface area contributed by atoms with Crippen LogP contribution in [0, 0.1) is 0 Å². The van der Waals surface area contributed by atoms with Crippen LogP contribution in [0.1, 0.15) is 11.1 Å². The van der Waals surface area contributed by atoms with Crippen molar-refractivity contribution in [1.82, 2.24) is 9.55 Å². The fourth-order valence-electron chi connectivity index (χ4n) is 5.24. The molecule has 4 heteroatoms. The standard InChI is InChI=1S/C36H34N3P/c1-38(2)31-21-19-30(20-22-31)36-37-34-26-29(18-23-35(34)39(36)25-24-28-12-6-3-7-13-28)27-40(32-14-8-4-9-15-32)33-16-10-5-11-17-33/h3-23,26H,24-25,27H2,1-2H3. The summed E-state index contributed by atoms with van der Waals surface area (Å²) in [7, 11) is 3.64. The van der Waals surface area contributed by atoms with Crippen molar-refractivity contribution < 1.29 is 0 Å². The van der Waals surface area contributed by atoms with E-state index in [0.717, 1.165) is 36.0 Å². The van der Waals surface area contributed by atoms with Crippen LogP contribution in [-0.2, 0) is 19.1 Å². The van der Waals surface area contributed by atoms with Gasteiger partial charge in [-0.15, -0.1) is 0 Å². The first-order chi connectivity index (χ1) is 19.7. The average Bonchev–Trinajstić information content (AvgIpc) is 3.38. The summed E-state index contributed by atoms with van der Waals surface area (Å²) in [6.07, 6.45) is 1.95. The summed E-state index contributed by atoms with van der Waals surface area (Å²) in [6, 6.07) is 48.3. The van der Waals surface area contributed by atoms with Gasteiger partial charge in [0, 0.05) is 38.1 Å². The lowest BCUT2D eigenvalue weighted by Crippen LogP contribution is -2.12. The molecular formula is C36H34N3P. The first-order valence-corrected chi connectivity index (χ1v) is 15.4. The van der Waals surface area contributed by atoms with Gasteiger partial charge in [0.15, 0.2) is 0 Å². The Morgan fingerprint density at radius 2 is 1.25 bits per heavy atom. The van der Waals surface area contributed by atoms with E-state index in [1.807, 2.05) is 0 Å². The van der Waals surface area contributed by atoms with Gasteiger partial charge in [-0.2, -0.15) is 0 Å². The Kier molecular flexibility index (Phi) is 7.75. The Bertz CT molecular complexity index is 1640. The summed E-state index contributed by atoms with van der Waals surface area (Å²) in [5.74, 6) is 1.03. The molecule has 40 heavy (non-hydrogen) atoms. The summed E-state index contributed by atoms with van der Waals surface area (Å²) < 4.78 is 2.40. The topological polar surface area (TPSA) is 21.1 Å². The van der Waals surface area contributed by atoms with Crippen LogP contribution < -0.4 is 15.5 Å². The summed E-state index contributed by atoms with van der Waals surface area (Å²) in [6.45, 7) is 0.880. The number of benzene rings is 5. The number of rotatable bonds is 9. The van der Waals surface area contributed by atoms with E-state index < -0.39 is 7.92 Å². The average molecular weight is 540 g/mol. The number of nitrogens with zero attached hydrogens (tertiary/aromatic N) is 3. The van der Waals surface area contributed by atoms with Crippen molar-refractivity contribution in [3.63, 3.8) is 0 Å². The Balaban J connectivity index is 1.38. The van der Waals surface area contributed by atoms with Crippen LogP contribution >= 0.6 is 7.92 Å². The quantitative estimate of drug-likeness (QED) is 0.176. The molecule has 0 aliphatic carbocycles. The van der Waals surface area contributed by atoms with E-state index in [4.69, 9.17) is 4.98 Å².